The second-order valence-electron chi connectivity index (χ2n) is 10.7. The molecule has 0 heterocycles. The molecule has 0 saturated carbocycles. The monoisotopic (exact) mass is 619 g/mol. The molecule has 41 heavy (non-hydrogen) atoms. The number of hydrogen-bond acceptors (Lipinski definition) is 5. The van der Waals surface area contributed by atoms with Crippen LogP contribution in [-0.4, -0.2) is 56.6 Å². The van der Waals surface area contributed by atoms with Gasteiger partial charge in [0.25, 0.3) is 0 Å². The Morgan fingerprint density at radius 1 is 0.951 bits per heavy atom. The van der Waals surface area contributed by atoms with Crippen molar-refractivity contribution in [3.05, 3.63) is 94.0 Å². The minimum Gasteiger partial charge on any atom is -0.497 e. The van der Waals surface area contributed by atoms with Gasteiger partial charge in [0.15, 0.2) is 0 Å². The molecule has 8 nitrogen and oxygen atoms in total. The quantitative estimate of drug-likeness (QED) is 0.313. The number of methoxy groups -OCH3 is 1. The average Bonchev–Trinajstić information content (AvgIpc) is 2.88. The Kier molecular flexibility index (Phi) is 10.7. The summed E-state index contributed by atoms with van der Waals surface area (Å²) < 4.78 is 32.1. The Morgan fingerprint density at radius 2 is 1.61 bits per heavy atom. The van der Waals surface area contributed by atoms with Crippen molar-refractivity contribution in [1.29, 1.82) is 0 Å². The molecule has 11 heteroatoms. The van der Waals surface area contributed by atoms with Crippen LogP contribution >= 0.6 is 23.2 Å². The smallest absolute Gasteiger partial charge is 0.244 e. The van der Waals surface area contributed by atoms with E-state index >= 15 is 0 Å². The first-order valence-corrected chi connectivity index (χ1v) is 15.5. The summed E-state index contributed by atoms with van der Waals surface area (Å²) in [5.41, 5.74) is 1.07. The minimum absolute atomic E-state index is 0.0248. The number of rotatable bonds is 11. The first-order valence-electron chi connectivity index (χ1n) is 12.9. The molecule has 0 aromatic heterocycles. The van der Waals surface area contributed by atoms with Crippen molar-refractivity contribution in [3.8, 4) is 5.75 Å². The van der Waals surface area contributed by atoms with Gasteiger partial charge < -0.3 is 15.0 Å². The summed E-state index contributed by atoms with van der Waals surface area (Å²) in [5.74, 6) is -0.373. The van der Waals surface area contributed by atoms with Crippen LogP contribution in [-0.2, 0) is 32.6 Å². The van der Waals surface area contributed by atoms with E-state index in [1.165, 1.54) is 30.2 Å². The highest BCUT2D eigenvalue weighted by Crippen LogP contribution is 2.31. The second-order valence-corrected chi connectivity index (χ2v) is 13.4. The topological polar surface area (TPSA) is 96.0 Å². The molecule has 0 aliphatic carbocycles. The minimum atomic E-state index is -3.96. The highest BCUT2D eigenvalue weighted by atomic mass is 35.5. The van der Waals surface area contributed by atoms with Gasteiger partial charge in [0.2, 0.25) is 21.8 Å². The number of hydrogen-bond donors (Lipinski definition) is 1. The normalized spacial score (nSPS) is 12.4. The van der Waals surface area contributed by atoms with Crippen molar-refractivity contribution in [2.75, 3.05) is 24.2 Å². The van der Waals surface area contributed by atoms with Crippen molar-refractivity contribution >= 4 is 50.7 Å². The molecule has 2 amide bonds. The van der Waals surface area contributed by atoms with Crippen LogP contribution in [0.3, 0.4) is 0 Å². The van der Waals surface area contributed by atoms with Gasteiger partial charge >= 0.3 is 0 Å². The maximum absolute atomic E-state index is 14.2. The van der Waals surface area contributed by atoms with Gasteiger partial charge in [-0.2, -0.15) is 0 Å². The fraction of sp³-hybridized carbons (Fsp3) is 0.333. The molecule has 3 rings (SSSR count). The zero-order valence-corrected chi connectivity index (χ0v) is 26.1. The number of carbonyl (C=O) groups excluding carboxylic acids is 2. The lowest BCUT2D eigenvalue weighted by Gasteiger charge is -2.35. The molecule has 220 valence electrons. The number of sulfonamides is 1. The number of carbonyl (C=O) groups is 2. The lowest BCUT2D eigenvalue weighted by molar-refractivity contribution is -0.140. The van der Waals surface area contributed by atoms with Gasteiger partial charge in [0.1, 0.15) is 18.3 Å². The van der Waals surface area contributed by atoms with Crippen molar-refractivity contribution in [3.63, 3.8) is 0 Å². The standard InChI is InChI=1S/C30H35Cl2N3O5S/c1-30(2,3)33-29(37)27(17-21-10-7-6-8-11-21)34(19-22-12-9-13-24(16-22)40-4)28(36)20-35(41(5,38)39)26-15-14-23(31)18-25(26)32/h6-16,18,27H,17,19-20H2,1-5H3,(H,33,37). The summed E-state index contributed by atoms with van der Waals surface area (Å²) in [7, 11) is -2.42. The van der Waals surface area contributed by atoms with Gasteiger partial charge in [-0.15, -0.1) is 0 Å². The van der Waals surface area contributed by atoms with E-state index in [2.05, 4.69) is 5.32 Å². The predicted molar refractivity (Wildman–Crippen MR) is 164 cm³/mol. The third-order valence-electron chi connectivity index (χ3n) is 6.11. The van der Waals surface area contributed by atoms with Crippen LogP contribution in [0.25, 0.3) is 0 Å². The molecule has 0 aliphatic heterocycles. The van der Waals surface area contributed by atoms with Gasteiger partial charge in [-0.25, -0.2) is 8.42 Å². The van der Waals surface area contributed by atoms with Crippen LogP contribution in [0.1, 0.15) is 31.9 Å². The van der Waals surface area contributed by atoms with Crippen molar-refractivity contribution in [1.82, 2.24) is 10.2 Å². The molecule has 0 fully saturated rings. The summed E-state index contributed by atoms with van der Waals surface area (Å²) in [6.07, 6.45) is 1.20. The molecule has 0 radical (unpaired) electrons. The molecule has 0 saturated heterocycles. The number of nitrogens with zero attached hydrogens (tertiary/aromatic N) is 2. The number of anilines is 1. The molecular weight excluding hydrogens is 585 g/mol. The third kappa shape index (κ3) is 9.38. The molecule has 0 aliphatic rings. The summed E-state index contributed by atoms with van der Waals surface area (Å²) in [6, 6.07) is 19.9. The van der Waals surface area contributed by atoms with Gasteiger partial charge in [0, 0.05) is 23.5 Å². The van der Waals surface area contributed by atoms with Crippen LogP contribution in [0.5, 0.6) is 5.75 Å². The molecule has 3 aromatic rings. The SMILES string of the molecule is COc1cccc(CN(C(=O)CN(c2ccc(Cl)cc2Cl)S(C)(=O)=O)C(Cc2ccccc2)C(=O)NC(C)(C)C)c1. The maximum Gasteiger partial charge on any atom is 0.244 e. The number of amides is 2. The van der Waals surface area contributed by atoms with Crippen LogP contribution in [0, 0.1) is 0 Å². The number of benzene rings is 3. The van der Waals surface area contributed by atoms with Crippen LogP contribution < -0.4 is 14.4 Å². The first kappa shape index (κ1) is 32.2. The maximum atomic E-state index is 14.2. The molecule has 1 atom stereocenters. The predicted octanol–water partition coefficient (Wildman–Crippen LogP) is 5.32. The van der Waals surface area contributed by atoms with Crippen LogP contribution in [0.2, 0.25) is 10.0 Å². The van der Waals surface area contributed by atoms with Crippen molar-refractivity contribution < 1.29 is 22.7 Å². The van der Waals surface area contributed by atoms with E-state index in [-0.39, 0.29) is 29.6 Å². The highest BCUT2D eigenvalue weighted by molar-refractivity contribution is 7.92. The Balaban J connectivity index is 2.11. The lowest BCUT2D eigenvalue weighted by atomic mass is 10.0. The largest absolute Gasteiger partial charge is 0.497 e. The first-order chi connectivity index (χ1) is 19.2. The molecule has 0 bridgehead atoms. The third-order valence-corrected chi connectivity index (χ3v) is 7.78. The fourth-order valence-corrected chi connectivity index (χ4v) is 5.67. The van der Waals surface area contributed by atoms with E-state index in [4.69, 9.17) is 27.9 Å². The number of ether oxygens (including phenoxy) is 1. The Labute approximate surface area is 252 Å². The molecular formula is C30H35Cl2N3O5S. The summed E-state index contributed by atoms with van der Waals surface area (Å²) in [4.78, 5) is 29.3. The zero-order chi connectivity index (χ0) is 30.4. The fourth-order valence-electron chi connectivity index (χ4n) is 4.25. The average molecular weight is 621 g/mol. The van der Waals surface area contributed by atoms with E-state index in [9.17, 15) is 18.0 Å². The van der Waals surface area contributed by atoms with Crippen molar-refractivity contribution in [2.45, 2.75) is 45.3 Å². The summed E-state index contributed by atoms with van der Waals surface area (Å²) in [6.45, 7) is 5.00. The molecule has 1 unspecified atom stereocenters. The van der Waals surface area contributed by atoms with E-state index in [0.717, 1.165) is 16.1 Å². The summed E-state index contributed by atoms with van der Waals surface area (Å²) >= 11 is 12.4. The molecule has 3 aromatic carbocycles. The molecule has 1 N–H and O–H groups in total. The van der Waals surface area contributed by atoms with Crippen LogP contribution in [0.15, 0.2) is 72.8 Å². The van der Waals surface area contributed by atoms with E-state index in [1.807, 2.05) is 57.2 Å². The Morgan fingerprint density at radius 3 is 2.20 bits per heavy atom. The summed E-state index contributed by atoms with van der Waals surface area (Å²) in [5, 5.41) is 3.38. The van der Waals surface area contributed by atoms with Gasteiger partial charge in [-0.1, -0.05) is 65.7 Å². The Hall–Kier alpha value is -3.27. The second kappa shape index (κ2) is 13.6. The molecule has 0 spiro atoms. The highest BCUT2D eigenvalue weighted by Gasteiger charge is 2.34. The number of halogens is 2. The van der Waals surface area contributed by atoms with Gasteiger partial charge in [-0.05, 0) is 62.2 Å². The van der Waals surface area contributed by atoms with Gasteiger partial charge in [-0.3, -0.25) is 13.9 Å². The Bertz CT molecular complexity index is 1480. The van der Waals surface area contributed by atoms with Gasteiger partial charge in [0.05, 0.1) is 24.1 Å². The van der Waals surface area contributed by atoms with Crippen LogP contribution in [0.4, 0.5) is 5.69 Å². The zero-order valence-electron chi connectivity index (χ0n) is 23.7. The van der Waals surface area contributed by atoms with E-state index in [0.29, 0.717) is 16.3 Å². The lowest BCUT2D eigenvalue weighted by Crippen LogP contribution is -2.56. The van der Waals surface area contributed by atoms with Crippen molar-refractivity contribution in [2.24, 2.45) is 0 Å². The van der Waals surface area contributed by atoms with E-state index < -0.39 is 34.1 Å². The number of nitrogens with one attached hydrogen (secondary N) is 1. The van der Waals surface area contributed by atoms with E-state index in [1.54, 1.807) is 18.2 Å².